The van der Waals surface area contributed by atoms with E-state index in [9.17, 15) is 4.79 Å². The lowest BCUT2D eigenvalue weighted by Gasteiger charge is -2.02. The fraction of sp³-hybridized carbons (Fsp3) is 0.549. The molecular formula is C71H125N3O3. The Balaban J connectivity index is -0.000000116. The summed E-state index contributed by atoms with van der Waals surface area (Å²) < 4.78 is 9.34. The van der Waals surface area contributed by atoms with Gasteiger partial charge in [0.2, 0.25) is 0 Å². The molecule has 4 aromatic heterocycles. The van der Waals surface area contributed by atoms with Crippen molar-refractivity contribution >= 4 is 5.97 Å². The molecule has 6 rings (SSSR count). The van der Waals surface area contributed by atoms with Crippen LogP contribution < -0.4 is 0 Å². The first-order valence-electron chi connectivity index (χ1n) is 29.9. The van der Waals surface area contributed by atoms with E-state index in [-0.39, 0.29) is 5.97 Å². The first-order chi connectivity index (χ1) is 37.0. The molecule has 0 aliphatic carbocycles. The van der Waals surface area contributed by atoms with E-state index in [4.69, 9.17) is 4.42 Å². The Bertz CT molecular complexity index is 1690. The fourth-order valence-corrected chi connectivity index (χ4v) is 5.21. The third-order valence-corrected chi connectivity index (χ3v) is 9.32. The zero-order chi connectivity index (χ0) is 61.4. The van der Waals surface area contributed by atoms with Crippen molar-refractivity contribution in [2.75, 3.05) is 7.11 Å². The lowest BCUT2D eigenvalue weighted by molar-refractivity contribution is -0.140. The Labute approximate surface area is 480 Å². The molecule has 0 fully saturated rings. The molecule has 0 bridgehead atoms. The predicted octanol–water partition coefficient (Wildman–Crippen LogP) is 23.5. The van der Waals surface area contributed by atoms with Gasteiger partial charge < -0.3 is 9.15 Å². The number of carbonyl (C=O) groups excluding carboxylic acids is 1. The van der Waals surface area contributed by atoms with E-state index in [1.54, 1.807) is 18.7 Å². The molecule has 0 spiro atoms. The quantitative estimate of drug-likeness (QED) is 0.127. The van der Waals surface area contributed by atoms with E-state index >= 15 is 0 Å². The van der Waals surface area contributed by atoms with Gasteiger partial charge in [-0.15, -0.1) is 0 Å². The molecule has 0 radical (unpaired) electrons. The minimum Gasteiger partial charge on any atom is -0.472 e. The Kier molecular flexibility index (Phi) is 81.0. The Morgan fingerprint density at radius 2 is 0.844 bits per heavy atom. The minimum atomic E-state index is -0.108. The zero-order valence-corrected chi connectivity index (χ0v) is 55.7. The summed E-state index contributed by atoms with van der Waals surface area (Å²) in [6, 6.07) is 37.2. The monoisotopic (exact) mass is 1070 g/mol. The SMILES string of the molecule is CC.CC.CC.CC.CC.CC.CC.CC(C)Cc1ccncc1.CC(C)c1ccccc1.CC(C)c1ccccc1.CC(C)c1ccccn1.CC(C)c1cccnc1.CC(C)c1ccoc1.COC(=O)CCC(C)C. The van der Waals surface area contributed by atoms with Crippen molar-refractivity contribution in [3.8, 4) is 0 Å². The molecule has 4 heterocycles. The highest BCUT2D eigenvalue weighted by Gasteiger charge is 2.01. The van der Waals surface area contributed by atoms with Crippen molar-refractivity contribution in [2.45, 2.75) is 243 Å². The van der Waals surface area contributed by atoms with E-state index in [0.717, 1.165) is 24.5 Å². The maximum atomic E-state index is 10.5. The van der Waals surface area contributed by atoms with Gasteiger partial charge >= 0.3 is 5.97 Å². The van der Waals surface area contributed by atoms with Crippen molar-refractivity contribution in [2.24, 2.45) is 11.8 Å². The van der Waals surface area contributed by atoms with Gasteiger partial charge in [-0.1, -0.05) is 267 Å². The fourth-order valence-electron chi connectivity index (χ4n) is 5.21. The third kappa shape index (κ3) is 63.1. The van der Waals surface area contributed by atoms with Crippen LogP contribution in [0.2, 0.25) is 0 Å². The summed E-state index contributed by atoms with van der Waals surface area (Å²) in [5, 5.41) is 0. The van der Waals surface area contributed by atoms with Crippen LogP contribution in [0.5, 0.6) is 0 Å². The van der Waals surface area contributed by atoms with Gasteiger partial charge in [-0.05, 0) is 118 Å². The van der Waals surface area contributed by atoms with Crippen molar-refractivity contribution in [3.63, 3.8) is 0 Å². The van der Waals surface area contributed by atoms with Gasteiger partial charge in [0.05, 0.1) is 19.6 Å². The highest BCUT2D eigenvalue weighted by atomic mass is 16.5. The summed E-state index contributed by atoms with van der Waals surface area (Å²) in [6.45, 7) is 58.3. The number of hydrogen-bond acceptors (Lipinski definition) is 6. The summed E-state index contributed by atoms with van der Waals surface area (Å²) in [4.78, 5) is 22.6. The normalized spacial score (nSPS) is 8.83. The Morgan fingerprint density at radius 1 is 0.429 bits per heavy atom. The number of aromatic nitrogens is 3. The molecule has 0 saturated carbocycles. The molecule has 0 N–H and O–H groups in total. The molecule has 0 aliphatic heterocycles. The molecule has 0 atom stereocenters. The number of esters is 1. The average Bonchev–Trinajstić information content (AvgIpc) is 4.05. The van der Waals surface area contributed by atoms with Gasteiger partial charge in [0, 0.05) is 43.1 Å². The van der Waals surface area contributed by atoms with Crippen LogP contribution in [0.1, 0.15) is 270 Å². The van der Waals surface area contributed by atoms with E-state index in [0.29, 0.717) is 41.9 Å². The first kappa shape index (κ1) is 88.3. The molecule has 0 saturated heterocycles. The summed E-state index contributed by atoms with van der Waals surface area (Å²) in [6.07, 6.45) is 15.3. The topological polar surface area (TPSA) is 78.1 Å². The number of pyridine rings is 3. The van der Waals surface area contributed by atoms with Gasteiger partial charge in [0.1, 0.15) is 0 Å². The number of benzene rings is 2. The van der Waals surface area contributed by atoms with Gasteiger partial charge in [-0.3, -0.25) is 19.7 Å². The second-order valence-corrected chi connectivity index (χ2v) is 17.7. The van der Waals surface area contributed by atoms with Crippen LogP contribution in [-0.4, -0.2) is 28.0 Å². The predicted molar refractivity (Wildman–Crippen MR) is 349 cm³/mol. The second kappa shape index (κ2) is 70.6. The molecule has 0 aliphatic rings. The maximum Gasteiger partial charge on any atom is 0.305 e. The van der Waals surface area contributed by atoms with Crippen LogP contribution in [0, 0.1) is 11.8 Å². The number of nitrogens with zero attached hydrogens (tertiary/aromatic N) is 3. The van der Waals surface area contributed by atoms with Crippen LogP contribution in [-0.2, 0) is 16.0 Å². The van der Waals surface area contributed by atoms with E-state index in [1.807, 2.05) is 164 Å². The molecule has 0 unspecified atom stereocenters. The summed E-state index contributed by atoms with van der Waals surface area (Å²) in [7, 11) is 1.42. The van der Waals surface area contributed by atoms with Crippen LogP contribution >= 0.6 is 0 Å². The second-order valence-electron chi connectivity index (χ2n) is 17.7. The molecule has 77 heavy (non-hydrogen) atoms. The lowest BCUT2D eigenvalue weighted by Crippen LogP contribution is -2.01. The van der Waals surface area contributed by atoms with E-state index < -0.39 is 0 Å². The average molecular weight is 1070 g/mol. The minimum absolute atomic E-state index is 0.108. The number of carbonyl (C=O) groups is 1. The lowest BCUT2D eigenvalue weighted by atomic mass is 10.0. The standard InChI is InChI=1S/C9H13N.2C9H12.2C8H11N.C7H14O2.C7H10O.7C2H6/c1-8(2)7-9-3-5-10-6-4-9;2*1-8(2)9-6-4-3-5-7-9;1-7(2)8-4-3-5-9-6-8;1-7(2)8-5-3-4-6-9-8;1-6(2)4-5-7(8)9-3;1-6(2)7-3-4-8-5-7;7*1-2/h3-6,8H,7H2,1-2H3;2*3-8H,1-2H3;2*3-7H,1-2H3;6H,4-5H2,1-3H3;3-6H,1-2H3;7*1-2H3. The van der Waals surface area contributed by atoms with Crippen molar-refractivity contribution in [1.82, 2.24) is 15.0 Å². The summed E-state index contributed by atoms with van der Waals surface area (Å²) >= 11 is 0. The number of methoxy groups -OCH3 is 1. The van der Waals surface area contributed by atoms with Gasteiger partial charge in [0.15, 0.2) is 0 Å². The Morgan fingerprint density at radius 3 is 1.09 bits per heavy atom. The van der Waals surface area contributed by atoms with Crippen molar-refractivity contribution in [3.05, 3.63) is 186 Å². The van der Waals surface area contributed by atoms with Crippen LogP contribution in [0.25, 0.3) is 0 Å². The number of rotatable bonds is 10. The third-order valence-electron chi connectivity index (χ3n) is 9.32. The van der Waals surface area contributed by atoms with E-state index in [2.05, 4.69) is 183 Å². The molecule has 442 valence electrons. The molecule has 0 amide bonds. The van der Waals surface area contributed by atoms with Crippen molar-refractivity contribution < 1.29 is 13.9 Å². The largest absolute Gasteiger partial charge is 0.472 e. The number of ether oxygens (including phenoxy) is 1. The number of furan rings is 1. The first-order valence-corrected chi connectivity index (χ1v) is 29.9. The zero-order valence-electron chi connectivity index (χ0n) is 55.7. The Hall–Kier alpha value is -5.36. The molecule has 2 aromatic carbocycles. The highest BCUT2D eigenvalue weighted by Crippen LogP contribution is 2.14. The van der Waals surface area contributed by atoms with Gasteiger partial charge in [-0.2, -0.15) is 0 Å². The smallest absolute Gasteiger partial charge is 0.305 e. The highest BCUT2D eigenvalue weighted by molar-refractivity contribution is 5.69. The number of hydrogen-bond donors (Lipinski definition) is 0. The van der Waals surface area contributed by atoms with Gasteiger partial charge in [-0.25, -0.2) is 0 Å². The van der Waals surface area contributed by atoms with Crippen LogP contribution in [0.3, 0.4) is 0 Å². The van der Waals surface area contributed by atoms with Crippen LogP contribution in [0.15, 0.2) is 157 Å². The summed E-state index contributed by atoms with van der Waals surface area (Å²) in [5.41, 5.74) is 7.94. The van der Waals surface area contributed by atoms with E-state index in [1.165, 1.54) is 34.9 Å². The van der Waals surface area contributed by atoms with Gasteiger partial charge in [0.25, 0.3) is 0 Å². The molecular weight excluding hydrogens is 943 g/mol. The molecule has 6 aromatic rings. The maximum absolute atomic E-state index is 10.5. The summed E-state index contributed by atoms with van der Waals surface area (Å²) in [5.74, 6) is 4.27. The van der Waals surface area contributed by atoms with Crippen LogP contribution in [0.4, 0.5) is 0 Å². The molecule has 6 nitrogen and oxygen atoms in total. The van der Waals surface area contributed by atoms with Crippen molar-refractivity contribution in [1.29, 1.82) is 0 Å². The molecule has 6 heteroatoms.